The summed E-state index contributed by atoms with van der Waals surface area (Å²) in [7, 11) is 1.79. The van der Waals surface area contributed by atoms with E-state index in [-0.39, 0.29) is 17.6 Å². The number of carbonyl (C=O) groups is 1. The van der Waals surface area contributed by atoms with Gasteiger partial charge in [0.25, 0.3) is 0 Å². The van der Waals surface area contributed by atoms with Gasteiger partial charge in [-0.1, -0.05) is 36.8 Å². The number of carbonyl (C=O) groups excluding carboxylic acids is 1. The smallest absolute Gasteiger partial charge is 0.240 e. The zero-order valence-electron chi connectivity index (χ0n) is 20.2. The van der Waals surface area contributed by atoms with Crippen LogP contribution in [0.2, 0.25) is 0 Å². The third-order valence-corrected chi connectivity index (χ3v) is 6.68. The number of nitrogens with one attached hydrogen (secondary N) is 1. The van der Waals surface area contributed by atoms with Crippen molar-refractivity contribution in [2.45, 2.75) is 19.3 Å². The van der Waals surface area contributed by atoms with Gasteiger partial charge in [-0.3, -0.25) is 9.69 Å². The summed E-state index contributed by atoms with van der Waals surface area (Å²) in [5.41, 5.74) is 3.85. The van der Waals surface area contributed by atoms with Crippen molar-refractivity contribution < 1.29 is 14.3 Å². The summed E-state index contributed by atoms with van der Waals surface area (Å²) in [6.07, 6.45) is 3.53. The molecule has 5 rings (SSSR count). The zero-order chi connectivity index (χ0) is 25.1. The Hall–Kier alpha value is -3.97. The number of aliphatic imine (C=N–C) groups is 1. The lowest BCUT2D eigenvalue weighted by molar-refractivity contribution is -0.119. The fraction of sp³-hybridized carbons (Fsp3) is 0.241. The summed E-state index contributed by atoms with van der Waals surface area (Å²) in [4.78, 5) is 24.4. The molecule has 0 saturated carbocycles. The number of hydrogen-bond acceptors (Lipinski definition) is 4. The Morgan fingerprint density at radius 2 is 1.75 bits per heavy atom. The molecule has 2 N–H and O–H groups in total. The van der Waals surface area contributed by atoms with Gasteiger partial charge < -0.3 is 15.0 Å². The highest BCUT2D eigenvalue weighted by molar-refractivity contribution is 6.21. The van der Waals surface area contributed by atoms with Gasteiger partial charge in [0.15, 0.2) is 5.88 Å². The van der Waals surface area contributed by atoms with Crippen molar-refractivity contribution in [3.8, 4) is 5.88 Å². The summed E-state index contributed by atoms with van der Waals surface area (Å²) in [6.45, 7) is 2.38. The largest absolute Gasteiger partial charge is 0.494 e. The first kappa shape index (κ1) is 23.8. The van der Waals surface area contributed by atoms with Crippen LogP contribution in [0.4, 0.5) is 15.8 Å². The fourth-order valence-corrected chi connectivity index (χ4v) is 4.69. The van der Waals surface area contributed by atoms with Crippen molar-refractivity contribution in [1.29, 1.82) is 0 Å². The van der Waals surface area contributed by atoms with Crippen LogP contribution in [-0.2, 0) is 4.79 Å². The topological polar surface area (TPSA) is 71.9 Å². The normalized spacial score (nSPS) is 14.8. The molecule has 0 radical (unpaired) electrons. The number of nitrogens with zero attached hydrogens (tertiary/aromatic N) is 3. The molecule has 1 aromatic heterocycles. The van der Waals surface area contributed by atoms with E-state index in [9.17, 15) is 14.3 Å². The Bertz CT molecular complexity index is 1390. The summed E-state index contributed by atoms with van der Waals surface area (Å²) in [5, 5.41) is 11.4. The van der Waals surface area contributed by atoms with Crippen molar-refractivity contribution in [2.24, 2.45) is 4.99 Å². The SMILES string of the molecule is CN(C(=O)CN1CCCCC1)c1ccc(N=C(c2ccccc2)c2c(O)[nH]c3cc(F)ccc23)cc1. The summed E-state index contributed by atoms with van der Waals surface area (Å²) in [5.74, 6) is -0.394. The van der Waals surface area contributed by atoms with Gasteiger partial charge in [0, 0.05) is 23.7 Å². The first-order chi connectivity index (χ1) is 17.5. The van der Waals surface area contributed by atoms with Crippen molar-refractivity contribution in [1.82, 2.24) is 9.88 Å². The average molecular weight is 485 g/mol. The third kappa shape index (κ3) is 5.02. The standard InChI is InChI=1S/C29H29FN4O2/c1-33(26(35)19-34-16-6-3-7-17-34)23-13-11-22(12-14-23)31-28(20-8-4-2-5-9-20)27-24-15-10-21(30)18-25(24)32-29(27)36/h2,4-5,8-15,18,32,36H,3,6-7,16-17,19H2,1H3. The maximum absolute atomic E-state index is 13.8. The summed E-state index contributed by atoms with van der Waals surface area (Å²) >= 11 is 0. The number of halogens is 1. The van der Waals surface area contributed by atoms with Crippen molar-refractivity contribution in [2.75, 3.05) is 31.6 Å². The Labute approximate surface area is 209 Å². The minimum atomic E-state index is -0.386. The van der Waals surface area contributed by atoms with Crippen LogP contribution < -0.4 is 4.90 Å². The highest BCUT2D eigenvalue weighted by atomic mass is 19.1. The Morgan fingerprint density at radius 3 is 2.47 bits per heavy atom. The van der Waals surface area contributed by atoms with Crippen molar-refractivity contribution in [3.63, 3.8) is 0 Å². The number of H-pyrrole nitrogens is 1. The molecular weight excluding hydrogens is 455 g/mol. The van der Waals surface area contributed by atoms with Crippen molar-refractivity contribution >= 4 is 33.9 Å². The Balaban J connectivity index is 1.46. The molecule has 3 aromatic carbocycles. The second-order valence-corrected chi connectivity index (χ2v) is 9.17. The summed E-state index contributed by atoms with van der Waals surface area (Å²) in [6, 6.07) is 21.4. The van der Waals surface area contributed by atoms with Crippen LogP contribution in [0.25, 0.3) is 10.9 Å². The second-order valence-electron chi connectivity index (χ2n) is 9.17. The molecular formula is C29H29FN4O2. The molecule has 1 amide bonds. The number of fused-ring (bicyclic) bond motifs is 1. The molecule has 0 atom stereocenters. The van der Waals surface area contributed by atoms with E-state index in [1.54, 1.807) is 18.0 Å². The number of piperidine rings is 1. The number of amides is 1. The average Bonchev–Trinajstić information content (AvgIpc) is 3.22. The number of likely N-dealkylation sites (tertiary alicyclic amines) is 1. The number of likely N-dealkylation sites (N-methyl/N-ethyl adjacent to an activating group) is 1. The zero-order valence-corrected chi connectivity index (χ0v) is 20.2. The number of aromatic nitrogens is 1. The number of benzene rings is 3. The van der Waals surface area contributed by atoms with E-state index in [0.717, 1.165) is 37.2 Å². The molecule has 0 unspecified atom stereocenters. The van der Waals surface area contributed by atoms with Crippen LogP contribution in [0.15, 0.2) is 77.8 Å². The maximum Gasteiger partial charge on any atom is 0.240 e. The van der Waals surface area contributed by atoms with E-state index in [2.05, 4.69) is 9.88 Å². The number of rotatable bonds is 6. The van der Waals surface area contributed by atoms with Crippen molar-refractivity contribution in [3.05, 3.63) is 89.7 Å². The lowest BCUT2D eigenvalue weighted by atomic mass is 10.0. The van der Waals surface area contributed by atoms with Crippen LogP contribution in [0.3, 0.4) is 0 Å². The van der Waals surface area contributed by atoms with E-state index < -0.39 is 0 Å². The molecule has 6 nitrogen and oxygen atoms in total. The van der Waals surface area contributed by atoms with Gasteiger partial charge in [0.2, 0.25) is 5.91 Å². The third-order valence-electron chi connectivity index (χ3n) is 6.68. The van der Waals surface area contributed by atoms with E-state index in [1.165, 1.54) is 18.6 Å². The molecule has 1 aliphatic rings. The Morgan fingerprint density at radius 1 is 1.03 bits per heavy atom. The molecule has 2 heterocycles. The highest BCUT2D eigenvalue weighted by Crippen LogP contribution is 2.32. The van der Waals surface area contributed by atoms with Crippen LogP contribution in [0.5, 0.6) is 5.88 Å². The highest BCUT2D eigenvalue weighted by Gasteiger charge is 2.20. The number of hydrogen-bond donors (Lipinski definition) is 2. The molecule has 0 aliphatic carbocycles. The Kier molecular flexibility index (Phi) is 6.82. The van der Waals surface area contributed by atoms with Gasteiger partial charge in [-0.2, -0.15) is 0 Å². The first-order valence-corrected chi connectivity index (χ1v) is 12.2. The predicted molar refractivity (Wildman–Crippen MR) is 142 cm³/mol. The van der Waals surface area contributed by atoms with E-state index in [4.69, 9.17) is 4.99 Å². The first-order valence-electron chi connectivity index (χ1n) is 12.2. The maximum atomic E-state index is 13.8. The van der Waals surface area contributed by atoms with E-state index in [0.29, 0.717) is 34.4 Å². The van der Waals surface area contributed by atoms with Gasteiger partial charge in [-0.15, -0.1) is 0 Å². The van der Waals surface area contributed by atoms with Crippen LogP contribution in [0, 0.1) is 5.82 Å². The van der Waals surface area contributed by atoms with Gasteiger partial charge in [0.05, 0.1) is 29.0 Å². The molecule has 1 saturated heterocycles. The number of aromatic hydroxyl groups is 1. The molecule has 0 spiro atoms. The van der Waals surface area contributed by atoms with E-state index >= 15 is 0 Å². The fourth-order valence-electron chi connectivity index (χ4n) is 4.69. The van der Waals surface area contributed by atoms with Gasteiger partial charge in [0.1, 0.15) is 5.82 Å². The lowest BCUT2D eigenvalue weighted by Crippen LogP contribution is -2.40. The molecule has 4 aromatic rings. The van der Waals surface area contributed by atoms with Crippen LogP contribution in [0.1, 0.15) is 30.4 Å². The molecule has 1 fully saturated rings. The van der Waals surface area contributed by atoms with Gasteiger partial charge >= 0.3 is 0 Å². The monoisotopic (exact) mass is 484 g/mol. The molecule has 7 heteroatoms. The number of anilines is 1. The minimum absolute atomic E-state index is 0.0640. The van der Waals surface area contributed by atoms with Crippen LogP contribution >= 0.6 is 0 Å². The quantitative estimate of drug-likeness (QED) is 0.349. The number of aromatic amines is 1. The molecule has 0 bridgehead atoms. The van der Waals surface area contributed by atoms with E-state index in [1.807, 2.05) is 54.6 Å². The predicted octanol–water partition coefficient (Wildman–Crippen LogP) is 5.63. The molecule has 36 heavy (non-hydrogen) atoms. The molecule has 1 aliphatic heterocycles. The lowest BCUT2D eigenvalue weighted by Gasteiger charge is -2.28. The van der Waals surface area contributed by atoms with Gasteiger partial charge in [-0.05, 0) is 68.4 Å². The summed E-state index contributed by atoms with van der Waals surface area (Å²) < 4.78 is 13.8. The molecule has 184 valence electrons. The van der Waals surface area contributed by atoms with Crippen LogP contribution in [-0.4, -0.2) is 53.3 Å². The minimum Gasteiger partial charge on any atom is -0.494 e. The van der Waals surface area contributed by atoms with Gasteiger partial charge in [-0.25, -0.2) is 9.38 Å². The second kappa shape index (κ2) is 10.3.